The summed E-state index contributed by atoms with van der Waals surface area (Å²) in [5.74, 6) is 0. The van der Waals surface area contributed by atoms with Gasteiger partial charge in [0.15, 0.2) is 0 Å². The first-order valence-electron chi connectivity index (χ1n) is 5.16. The molecule has 0 fully saturated rings. The molecule has 1 aromatic rings. The average Bonchev–Trinajstić information content (AvgIpc) is 2.24. The van der Waals surface area contributed by atoms with Gasteiger partial charge >= 0.3 is 12.4 Å². The first kappa shape index (κ1) is 15.8. The Morgan fingerprint density at radius 2 is 1.58 bits per heavy atom. The number of aliphatic hydroxyl groups is 1. The standard InChI is InChI=1S/C11H11F6NO/c1-5(19)9(18)7-4-6(10(12,13)14)2-3-8(7)11(15,16)17/h2-5,9,19H,18H2,1H3/t5-,9-/m0/s1. The van der Waals surface area contributed by atoms with E-state index in [2.05, 4.69) is 0 Å². The third kappa shape index (κ3) is 3.60. The van der Waals surface area contributed by atoms with Gasteiger partial charge in [-0.2, -0.15) is 26.3 Å². The molecule has 8 heteroatoms. The van der Waals surface area contributed by atoms with Crippen LogP contribution < -0.4 is 5.73 Å². The van der Waals surface area contributed by atoms with E-state index in [0.29, 0.717) is 18.2 Å². The number of hydrogen-bond donors (Lipinski definition) is 2. The summed E-state index contributed by atoms with van der Waals surface area (Å²) in [5, 5.41) is 9.18. The number of halogens is 6. The maximum Gasteiger partial charge on any atom is 0.416 e. The lowest BCUT2D eigenvalue weighted by Crippen LogP contribution is -2.27. The molecule has 108 valence electrons. The molecule has 0 bridgehead atoms. The molecule has 0 aromatic heterocycles. The monoisotopic (exact) mass is 287 g/mol. The molecule has 3 N–H and O–H groups in total. The van der Waals surface area contributed by atoms with Gasteiger partial charge in [-0.1, -0.05) is 0 Å². The van der Waals surface area contributed by atoms with Gasteiger partial charge in [0.2, 0.25) is 0 Å². The van der Waals surface area contributed by atoms with Crippen LogP contribution in [-0.2, 0) is 12.4 Å². The summed E-state index contributed by atoms with van der Waals surface area (Å²) in [6.07, 6.45) is -11.0. The number of hydrogen-bond acceptors (Lipinski definition) is 2. The highest BCUT2D eigenvalue weighted by Gasteiger charge is 2.38. The Hall–Kier alpha value is -1.28. The maximum atomic E-state index is 12.7. The number of benzene rings is 1. The Balaban J connectivity index is 3.44. The van der Waals surface area contributed by atoms with E-state index in [4.69, 9.17) is 5.73 Å². The largest absolute Gasteiger partial charge is 0.416 e. The smallest absolute Gasteiger partial charge is 0.391 e. The SMILES string of the molecule is C[C@H](O)[C@H](N)c1cc(C(F)(F)F)ccc1C(F)(F)F. The number of alkyl halides is 6. The van der Waals surface area contributed by atoms with Crippen molar-refractivity contribution in [1.29, 1.82) is 0 Å². The van der Waals surface area contributed by atoms with Crippen LogP contribution >= 0.6 is 0 Å². The van der Waals surface area contributed by atoms with Crippen molar-refractivity contribution in [2.24, 2.45) is 5.73 Å². The summed E-state index contributed by atoms with van der Waals surface area (Å²) in [6.45, 7) is 1.10. The molecule has 0 saturated heterocycles. The highest BCUT2D eigenvalue weighted by atomic mass is 19.4. The molecule has 1 rings (SSSR count). The summed E-state index contributed by atoms with van der Waals surface area (Å²) < 4.78 is 75.5. The number of aliphatic hydroxyl groups excluding tert-OH is 1. The van der Waals surface area contributed by atoms with E-state index in [1.54, 1.807) is 0 Å². The lowest BCUT2D eigenvalue weighted by molar-refractivity contribution is -0.142. The van der Waals surface area contributed by atoms with Crippen molar-refractivity contribution in [3.8, 4) is 0 Å². The van der Waals surface area contributed by atoms with Crippen LogP contribution in [0.5, 0.6) is 0 Å². The van der Waals surface area contributed by atoms with E-state index in [1.165, 1.54) is 0 Å². The Bertz CT molecular complexity index is 451. The predicted octanol–water partition coefficient (Wildman–Crippen LogP) is 3.10. The van der Waals surface area contributed by atoms with E-state index >= 15 is 0 Å². The van der Waals surface area contributed by atoms with E-state index < -0.39 is 41.2 Å². The first-order chi connectivity index (χ1) is 8.44. The second-order valence-corrected chi connectivity index (χ2v) is 4.06. The molecule has 0 spiro atoms. The zero-order valence-electron chi connectivity index (χ0n) is 9.68. The third-order valence-corrected chi connectivity index (χ3v) is 2.56. The molecule has 0 radical (unpaired) electrons. The maximum absolute atomic E-state index is 12.7. The quantitative estimate of drug-likeness (QED) is 0.821. The van der Waals surface area contributed by atoms with Crippen molar-refractivity contribution in [2.45, 2.75) is 31.4 Å². The number of rotatable bonds is 2. The fourth-order valence-corrected chi connectivity index (χ4v) is 1.53. The Morgan fingerprint density at radius 1 is 1.05 bits per heavy atom. The van der Waals surface area contributed by atoms with Crippen LogP contribution in [0.25, 0.3) is 0 Å². The second kappa shape index (κ2) is 5.01. The Kier molecular flexibility index (Phi) is 4.16. The predicted molar refractivity (Wildman–Crippen MR) is 55.1 cm³/mol. The van der Waals surface area contributed by atoms with Crippen LogP contribution in [0.2, 0.25) is 0 Å². The normalized spacial score (nSPS) is 16.3. The van der Waals surface area contributed by atoms with E-state index in [-0.39, 0.29) is 0 Å². The fourth-order valence-electron chi connectivity index (χ4n) is 1.53. The van der Waals surface area contributed by atoms with Gasteiger partial charge < -0.3 is 10.8 Å². The molecule has 0 aliphatic carbocycles. The van der Waals surface area contributed by atoms with Crippen molar-refractivity contribution in [1.82, 2.24) is 0 Å². The van der Waals surface area contributed by atoms with Gasteiger partial charge in [-0.3, -0.25) is 0 Å². The zero-order chi connectivity index (χ0) is 15.0. The molecule has 2 atom stereocenters. The van der Waals surface area contributed by atoms with Gasteiger partial charge in [0.05, 0.1) is 23.3 Å². The molecular weight excluding hydrogens is 276 g/mol. The minimum atomic E-state index is -4.84. The van der Waals surface area contributed by atoms with Crippen LogP contribution in [0.15, 0.2) is 18.2 Å². The zero-order valence-corrected chi connectivity index (χ0v) is 9.68. The van der Waals surface area contributed by atoms with Crippen molar-refractivity contribution in [3.05, 3.63) is 34.9 Å². The van der Waals surface area contributed by atoms with E-state index in [1.807, 2.05) is 0 Å². The van der Waals surface area contributed by atoms with E-state index in [0.717, 1.165) is 6.92 Å². The van der Waals surface area contributed by atoms with Gasteiger partial charge in [0.25, 0.3) is 0 Å². The summed E-state index contributed by atoms with van der Waals surface area (Å²) in [4.78, 5) is 0. The molecule has 0 heterocycles. The minimum Gasteiger partial charge on any atom is -0.391 e. The molecule has 0 amide bonds. The van der Waals surface area contributed by atoms with Gasteiger partial charge in [-0.25, -0.2) is 0 Å². The molecule has 0 aliphatic rings. The van der Waals surface area contributed by atoms with Crippen molar-refractivity contribution < 1.29 is 31.4 Å². The van der Waals surface area contributed by atoms with Gasteiger partial charge in [-0.15, -0.1) is 0 Å². The van der Waals surface area contributed by atoms with Crippen LogP contribution in [0.1, 0.15) is 29.7 Å². The van der Waals surface area contributed by atoms with Gasteiger partial charge in [-0.05, 0) is 30.7 Å². The fraction of sp³-hybridized carbons (Fsp3) is 0.455. The molecule has 2 nitrogen and oxygen atoms in total. The van der Waals surface area contributed by atoms with E-state index in [9.17, 15) is 31.4 Å². The highest BCUT2D eigenvalue weighted by Crippen LogP contribution is 2.38. The van der Waals surface area contributed by atoms with Gasteiger partial charge in [0.1, 0.15) is 0 Å². The van der Waals surface area contributed by atoms with Gasteiger partial charge in [0, 0.05) is 0 Å². The highest BCUT2D eigenvalue weighted by molar-refractivity contribution is 5.37. The minimum absolute atomic E-state index is 0.320. The van der Waals surface area contributed by atoms with Crippen LogP contribution in [0.4, 0.5) is 26.3 Å². The second-order valence-electron chi connectivity index (χ2n) is 4.06. The third-order valence-electron chi connectivity index (χ3n) is 2.56. The lowest BCUT2D eigenvalue weighted by Gasteiger charge is -2.22. The molecule has 1 aromatic carbocycles. The Labute approximate surface area is 104 Å². The lowest BCUT2D eigenvalue weighted by atomic mass is 9.95. The van der Waals surface area contributed by atoms with Crippen LogP contribution in [0, 0.1) is 0 Å². The molecular formula is C11H11F6NO. The molecule has 0 unspecified atom stereocenters. The summed E-state index contributed by atoms with van der Waals surface area (Å²) >= 11 is 0. The topological polar surface area (TPSA) is 46.2 Å². The van der Waals surface area contributed by atoms with Crippen molar-refractivity contribution >= 4 is 0 Å². The van der Waals surface area contributed by atoms with Crippen molar-refractivity contribution in [3.63, 3.8) is 0 Å². The number of nitrogens with two attached hydrogens (primary N) is 1. The molecule has 19 heavy (non-hydrogen) atoms. The molecule has 0 saturated carbocycles. The van der Waals surface area contributed by atoms with Crippen LogP contribution in [0.3, 0.4) is 0 Å². The summed E-state index contributed by atoms with van der Waals surface area (Å²) in [7, 11) is 0. The first-order valence-corrected chi connectivity index (χ1v) is 5.16. The average molecular weight is 287 g/mol. The Morgan fingerprint density at radius 3 is 1.95 bits per heavy atom. The summed E-state index contributed by atoms with van der Waals surface area (Å²) in [6, 6.07) is -0.583. The summed E-state index contributed by atoms with van der Waals surface area (Å²) in [5.41, 5.74) is 2.02. The van der Waals surface area contributed by atoms with Crippen molar-refractivity contribution in [2.75, 3.05) is 0 Å². The molecule has 0 aliphatic heterocycles. The van der Waals surface area contributed by atoms with Crippen LogP contribution in [-0.4, -0.2) is 11.2 Å².